The fourth-order valence-electron chi connectivity index (χ4n) is 5.35. The first-order valence-electron chi connectivity index (χ1n) is 15.3. The normalized spacial score (nSPS) is 15.9. The summed E-state index contributed by atoms with van der Waals surface area (Å²) in [5.74, 6) is -0.623. The summed E-state index contributed by atoms with van der Waals surface area (Å²) in [7, 11) is 3.24. The van der Waals surface area contributed by atoms with E-state index in [1.54, 1.807) is 50.2 Å². The lowest BCUT2D eigenvalue weighted by molar-refractivity contribution is -0.143. The monoisotopic (exact) mass is 692 g/mol. The largest absolute Gasteiger partial charge is 0.491 e. The SMILES string of the molecule is CN[C@@H](C)C(=O)N[C@H](C(=O)N1CCC[C@H]1C(=O)Cc1cc2c(Nc3cccc(Cl)c3F)ncnc2cc1OCCOC)C(C)(C)C.Cl. The van der Waals surface area contributed by atoms with Crippen molar-refractivity contribution >= 4 is 64.0 Å². The number of hydrogen-bond donors (Lipinski definition) is 3. The number of nitrogens with zero attached hydrogens (tertiary/aromatic N) is 3. The lowest BCUT2D eigenvalue weighted by atomic mass is 9.85. The second-order valence-corrected chi connectivity index (χ2v) is 12.8. The first-order valence-corrected chi connectivity index (χ1v) is 15.6. The van der Waals surface area contributed by atoms with Crippen LogP contribution < -0.4 is 20.7 Å². The standard InChI is InChI=1S/C33H42ClFN6O5.ClH/c1-19(36-5)31(43)40-29(33(2,3)4)32(44)41-12-8-11-25(41)26(42)16-20-15-21-24(17-27(20)46-14-13-45-6)37-18-38-30(21)39-23-10-7-9-22(34)28(23)35;/h7,9-10,15,17-19,25,29,36H,8,11-14,16H2,1-6H3,(H,40,43)(H,37,38,39);1H/t19-,25-,29+;/m0./s1. The molecule has 1 aliphatic rings. The van der Waals surface area contributed by atoms with Crippen molar-refractivity contribution in [3.05, 3.63) is 53.1 Å². The Morgan fingerprint density at radius 2 is 1.91 bits per heavy atom. The van der Waals surface area contributed by atoms with Crippen LogP contribution in [0.4, 0.5) is 15.9 Å². The molecule has 3 N–H and O–H groups in total. The van der Waals surface area contributed by atoms with Gasteiger partial charge in [-0.25, -0.2) is 14.4 Å². The van der Waals surface area contributed by atoms with Crippen molar-refractivity contribution in [1.29, 1.82) is 0 Å². The minimum atomic E-state index is -0.824. The number of halogens is 3. The summed E-state index contributed by atoms with van der Waals surface area (Å²) in [6.45, 7) is 8.33. The fourth-order valence-corrected chi connectivity index (χ4v) is 5.52. The first-order chi connectivity index (χ1) is 21.8. The molecule has 0 spiro atoms. The topological polar surface area (TPSA) is 135 Å². The van der Waals surface area contributed by atoms with E-state index in [4.69, 9.17) is 21.1 Å². The number of Topliss-reactive ketones (excluding diaryl/α,β-unsaturated/α-hetero) is 1. The van der Waals surface area contributed by atoms with Gasteiger partial charge in [0, 0.05) is 37.1 Å². The molecule has 3 aromatic rings. The number of aromatic nitrogens is 2. The van der Waals surface area contributed by atoms with Gasteiger partial charge >= 0.3 is 0 Å². The summed E-state index contributed by atoms with van der Waals surface area (Å²) in [5.41, 5.74) is 0.611. The molecule has 2 heterocycles. The summed E-state index contributed by atoms with van der Waals surface area (Å²) in [6, 6.07) is 6.08. The summed E-state index contributed by atoms with van der Waals surface area (Å²) in [5, 5.41) is 9.28. The molecule has 2 aromatic carbocycles. The molecule has 0 aliphatic carbocycles. The molecular weight excluding hydrogens is 650 g/mol. The van der Waals surface area contributed by atoms with Crippen molar-refractivity contribution in [3.63, 3.8) is 0 Å². The van der Waals surface area contributed by atoms with Crippen LogP contribution in [0.3, 0.4) is 0 Å². The quantitative estimate of drug-likeness (QED) is 0.215. The van der Waals surface area contributed by atoms with Crippen molar-refractivity contribution in [1.82, 2.24) is 25.5 Å². The van der Waals surface area contributed by atoms with Gasteiger partial charge in [0.2, 0.25) is 11.8 Å². The predicted molar refractivity (Wildman–Crippen MR) is 182 cm³/mol. The number of anilines is 2. The molecular formula is C33H43Cl2FN6O5. The van der Waals surface area contributed by atoms with E-state index in [1.807, 2.05) is 20.8 Å². The number of hydrogen-bond acceptors (Lipinski definition) is 9. The number of ketones is 1. The molecule has 0 saturated carbocycles. The van der Waals surface area contributed by atoms with Gasteiger partial charge in [0.1, 0.15) is 30.5 Å². The number of benzene rings is 2. The van der Waals surface area contributed by atoms with E-state index in [0.717, 1.165) is 0 Å². The maximum atomic E-state index is 14.7. The molecule has 1 aromatic heterocycles. The van der Waals surface area contributed by atoms with Crippen LogP contribution in [-0.2, 0) is 25.5 Å². The van der Waals surface area contributed by atoms with E-state index in [1.165, 1.54) is 12.4 Å². The van der Waals surface area contributed by atoms with E-state index in [-0.39, 0.29) is 53.7 Å². The van der Waals surface area contributed by atoms with Crippen LogP contribution in [0.1, 0.15) is 46.1 Å². The average Bonchev–Trinajstić information content (AvgIpc) is 3.52. The molecule has 0 radical (unpaired) electrons. The molecule has 3 atom stereocenters. The van der Waals surface area contributed by atoms with Gasteiger partial charge in [-0.3, -0.25) is 14.4 Å². The van der Waals surface area contributed by atoms with Gasteiger partial charge in [0.15, 0.2) is 11.6 Å². The zero-order valence-corrected chi connectivity index (χ0v) is 29.1. The van der Waals surface area contributed by atoms with Crippen molar-refractivity contribution < 1.29 is 28.2 Å². The van der Waals surface area contributed by atoms with Gasteiger partial charge in [-0.2, -0.15) is 0 Å². The lowest BCUT2D eigenvalue weighted by Gasteiger charge is -2.36. The highest BCUT2D eigenvalue weighted by Crippen LogP contribution is 2.33. The number of likely N-dealkylation sites (tertiary alicyclic amines) is 1. The van der Waals surface area contributed by atoms with E-state index in [2.05, 4.69) is 25.9 Å². The Labute approximate surface area is 285 Å². The van der Waals surface area contributed by atoms with Gasteiger partial charge in [-0.1, -0.05) is 38.4 Å². The molecule has 47 heavy (non-hydrogen) atoms. The van der Waals surface area contributed by atoms with Crippen LogP contribution in [0.5, 0.6) is 5.75 Å². The number of fused-ring (bicyclic) bond motifs is 1. The fraction of sp³-hybridized carbons (Fsp3) is 0.485. The summed E-state index contributed by atoms with van der Waals surface area (Å²) in [6.07, 6.45) is 2.46. The highest BCUT2D eigenvalue weighted by atomic mass is 35.5. The highest BCUT2D eigenvalue weighted by molar-refractivity contribution is 6.31. The Hall–Kier alpha value is -3.58. The van der Waals surface area contributed by atoms with Gasteiger partial charge in [0.25, 0.3) is 0 Å². The first kappa shape index (κ1) is 37.9. The third kappa shape index (κ3) is 9.07. The second kappa shape index (κ2) is 16.5. The minimum absolute atomic E-state index is 0. The van der Waals surface area contributed by atoms with Crippen LogP contribution >= 0.6 is 24.0 Å². The van der Waals surface area contributed by atoms with Crippen LogP contribution in [0.2, 0.25) is 5.02 Å². The molecule has 1 saturated heterocycles. The van der Waals surface area contributed by atoms with Crippen LogP contribution in [0.15, 0.2) is 36.7 Å². The molecule has 11 nitrogen and oxygen atoms in total. The highest BCUT2D eigenvalue weighted by Gasteiger charge is 2.42. The average molecular weight is 694 g/mol. The number of amides is 2. The summed E-state index contributed by atoms with van der Waals surface area (Å²) < 4.78 is 25.9. The van der Waals surface area contributed by atoms with Crippen molar-refractivity contribution in [2.24, 2.45) is 5.41 Å². The van der Waals surface area contributed by atoms with E-state index in [9.17, 15) is 18.8 Å². The molecule has 14 heteroatoms. The maximum absolute atomic E-state index is 14.7. The Morgan fingerprint density at radius 3 is 2.60 bits per heavy atom. The summed E-state index contributed by atoms with van der Waals surface area (Å²) in [4.78, 5) is 50.9. The molecule has 0 bridgehead atoms. The predicted octanol–water partition coefficient (Wildman–Crippen LogP) is 4.85. The number of nitrogens with one attached hydrogen (secondary N) is 3. The Bertz CT molecular complexity index is 1590. The van der Waals surface area contributed by atoms with Gasteiger partial charge in [-0.15, -0.1) is 12.4 Å². The van der Waals surface area contributed by atoms with Gasteiger partial charge in [-0.05, 0) is 50.4 Å². The van der Waals surface area contributed by atoms with Crippen molar-refractivity contribution in [2.45, 2.75) is 65.1 Å². The number of likely N-dealkylation sites (N-methyl/N-ethyl adjacent to an activating group) is 1. The van der Waals surface area contributed by atoms with Crippen molar-refractivity contribution in [2.75, 3.05) is 39.2 Å². The third-order valence-electron chi connectivity index (χ3n) is 8.07. The number of methoxy groups -OCH3 is 1. The minimum Gasteiger partial charge on any atom is -0.491 e. The van der Waals surface area contributed by atoms with E-state index >= 15 is 0 Å². The summed E-state index contributed by atoms with van der Waals surface area (Å²) >= 11 is 5.98. The van der Waals surface area contributed by atoms with E-state index < -0.39 is 29.4 Å². The molecule has 2 amide bonds. The van der Waals surface area contributed by atoms with Crippen LogP contribution in [0, 0.1) is 11.2 Å². The Kier molecular flexibility index (Phi) is 13.3. The van der Waals surface area contributed by atoms with Crippen LogP contribution in [-0.4, -0.2) is 84.5 Å². The molecule has 1 fully saturated rings. The Balaban J connectivity index is 0.00000600. The number of carbonyl (C=O) groups excluding carboxylic acids is 3. The second-order valence-electron chi connectivity index (χ2n) is 12.4. The third-order valence-corrected chi connectivity index (χ3v) is 8.36. The number of carbonyl (C=O) groups is 3. The van der Waals surface area contributed by atoms with Crippen LogP contribution in [0.25, 0.3) is 10.9 Å². The smallest absolute Gasteiger partial charge is 0.246 e. The van der Waals surface area contributed by atoms with Crippen molar-refractivity contribution in [3.8, 4) is 5.75 Å². The zero-order valence-electron chi connectivity index (χ0n) is 27.5. The molecule has 4 rings (SSSR count). The lowest BCUT2D eigenvalue weighted by Crippen LogP contribution is -2.58. The van der Waals surface area contributed by atoms with Gasteiger partial charge < -0.3 is 30.3 Å². The number of ether oxygens (including phenoxy) is 2. The molecule has 0 unspecified atom stereocenters. The van der Waals surface area contributed by atoms with E-state index in [0.29, 0.717) is 54.0 Å². The Morgan fingerprint density at radius 1 is 1.17 bits per heavy atom. The molecule has 1 aliphatic heterocycles. The maximum Gasteiger partial charge on any atom is 0.246 e. The van der Waals surface area contributed by atoms with Gasteiger partial charge in [0.05, 0.1) is 34.9 Å². The number of rotatable bonds is 13. The molecule has 256 valence electrons. The zero-order chi connectivity index (χ0) is 33.6.